The summed E-state index contributed by atoms with van der Waals surface area (Å²) in [7, 11) is 0. The first-order valence-corrected chi connectivity index (χ1v) is 5.14. The van der Waals surface area contributed by atoms with Crippen LogP contribution < -0.4 is 0 Å². The summed E-state index contributed by atoms with van der Waals surface area (Å²) in [6, 6.07) is 12.0. The molecule has 0 amide bonds. The number of halogens is 1. The van der Waals surface area contributed by atoms with E-state index in [1.54, 1.807) is 0 Å². The maximum Gasteiger partial charge on any atom is 0.0962 e. The third kappa shape index (κ3) is 10.9. The SMILES string of the molecule is CC=C(C)OC(C)=CC.Cl.c1ccccc1. The van der Waals surface area contributed by atoms with Crippen LogP contribution in [0.4, 0.5) is 0 Å². The van der Waals surface area contributed by atoms with Gasteiger partial charge in [-0.3, -0.25) is 0 Å². The van der Waals surface area contributed by atoms with Gasteiger partial charge >= 0.3 is 0 Å². The van der Waals surface area contributed by atoms with Gasteiger partial charge in [0.05, 0.1) is 11.5 Å². The average molecular weight is 241 g/mol. The molecule has 1 aromatic carbocycles. The number of hydrogen-bond acceptors (Lipinski definition) is 1. The van der Waals surface area contributed by atoms with E-state index in [1.807, 2.05) is 76.2 Å². The maximum absolute atomic E-state index is 5.27. The van der Waals surface area contributed by atoms with Crippen LogP contribution in [0.2, 0.25) is 0 Å². The van der Waals surface area contributed by atoms with Gasteiger partial charge in [0.1, 0.15) is 0 Å². The van der Waals surface area contributed by atoms with Crippen molar-refractivity contribution in [2.75, 3.05) is 0 Å². The van der Waals surface area contributed by atoms with E-state index in [0.717, 1.165) is 11.5 Å². The second-order valence-electron chi connectivity index (χ2n) is 3.06. The number of rotatable bonds is 2. The minimum Gasteiger partial charge on any atom is -0.467 e. The lowest BCUT2D eigenvalue weighted by atomic mass is 10.4. The largest absolute Gasteiger partial charge is 0.467 e. The van der Waals surface area contributed by atoms with Gasteiger partial charge in [0.15, 0.2) is 0 Å². The Bertz CT molecular complexity index is 259. The number of ether oxygens (including phenoxy) is 1. The quantitative estimate of drug-likeness (QED) is 0.664. The highest BCUT2D eigenvalue weighted by Gasteiger charge is 1.86. The summed E-state index contributed by atoms with van der Waals surface area (Å²) in [6.07, 6.45) is 3.88. The summed E-state index contributed by atoms with van der Waals surface area (Å²) in [4.78, 5) is 0. The van der Waals surface area contributed by atoms with E-state index >= 15 is 0 Å². The average Bonchev–Trinajstić information content (AvgIpc) is 2.31. The molecule has 0 saturated carbocycles. The van der Waals surface area contributed by atoms with Crippen molar-refractivity contribution >= 4 is 12.4 Å². The molecule has 1 aromatic rings. The molecular weight excluding hydrogens is 220 g/mol. The Morgan fingerprint density at radius 2 is 1.00 bits per heavy atom. The molecule has 16 heavy (non-hydrogen) atoms. The first-order valence-electron chi connectivity index (χ1n) is 5.14. The molecule has 0 radical (unpaired) electrons. The molecule has 0 heterocycles. The Morgan fingerprint density at radius 3 is 1.19 bits per heavy atom. The van der Waals surface area contributed by atoms with Crippen molar-refractivity contribution in [1.29, 1.82) is 0 Å². The molecule has 0 spiro atoms. The highest BCUT2D eigenvalue weighted by Crippen LogP contribution is 2.03. The van der Waals surface area contributed by atoms with Crippen LogP contribution in [0.5, 0.6) is 0 Å². The normalized spacial score (nSPS) is 10.8. The van der Waals surface area contributed by atoms with E-state index in [1.165, 1.54) is 0 Å². The fourth-order valence-corrected chi connectivity index (χ4v) is 0.757. The van der Waals surface area contributed by atoms with Crippen molar-refractivity contribution in [3.8, 4) is 0 Å². The molecule has 0 saturated heterocycles. The van der Waals surface area contributed by atoms with Crippen LogP contribution in [0.15, 0.2) is 60.1 Å². The van der Waals surface area contributed by atoms with Crippen LogP contribution >= 0.6 is 12.4 Å². The van der Waals surface area contributed by atoms with Gasteiger partial charge in [-0.1, -0.05) is 36.4 Å². The lowest BCUT2D eigenvalue weighted by molar-refractivity contribution is 0.307. The van der Waals surface area contributed by atoms with Crippen molar-refractivity contribution in [3.05, 3.63) is 60.1 Å². The van der Waals surface area contributed by atoms with E-state index in [9.17, 15) is 0 Å². The fourth-order valence-electron chi connectivity index (χ4n) is 0.757. The minimum atomic E-state index is 0. The van der Waals surface area contributed by atoms with E-state index in [0.29, 0.717) is 0 Å². The van der Waals surface area contributed by atoms with Crippen LogP contribution in [0.3, 0.4) is 0 Å². The maximum atomic E-state index is 5.27. The van der Waals surface area contributed by atoms with E-state index in [4.69, 9.17) is 4.74 Å². The molecule has 0 atom stereocenters. The van der Waals surface area contributed by atoms with Crippen molar-refractivity contribution in [2.45, 2.75) is 27.7 Å². The summed E-state index contributed by atoms with van der Waals surface area (Å²) in [6.45, 7) is 7.79. The zero-order chi connectivity index (χ0) is 11.5. The lowest BCUT2D eigenvalue weighted by Gasteiger charge is -2.02. The van der Waals surface area contributed by atoms with Crippen molar-refractivity contribution < 1.29 is 4.74 Å². The van der Waals surface area contributed by atoms with Gasteiger partial charge in [-0.2, -0.15) is 0 Å². The van der Waals surface area contributed by atoms with E-state index < -0.39 is 0 Å². The molecule has 0 bridgehead atoms. The van der Waals surface area contributed by atoms with E-state index in [2.05, 4.69) is 0 Å². The standard InChI is InChI=1S/C8H14O.C6H6.ClH/c1-5-7(3)9-8(4)6-2;1-2-4-6-5-3-1;/h5-6H,1-4H3;1-6H;1H. The van der Waals surface area contributed by atoms with Crippen molar-refractivity contribution in [3.63, 3.8) is 0 Å². The number of benzene rings is 1. The highest BCUT2D eigenvalue weighted by molar-refractivity contribution is 5.85. The summed E-state index contributed by atoms with van der Waals surface area (Å²) in [5, 5.41) is 0. The first-order chi connectivity index (χ1) is 7.20. The van der Waals surface area contributed by atoms with Crippen molar-refractivity contribution in [1.82, 2.24) is 0 Å². The van der Waals surface area contributed by atoms with Gasteiger partial charge in [0.2, 0.25) is 0 Å². The molecule has 0 aliphatic rings. The molecule has 1 nitrogen and oxygen atoms in total. The summed E-state index contributed by atoms with van der Waals surface area (Å²) < 4.78 is 5.27. The molecular formula is C14H21ClO. The highest BCUT2D eigenvalue weighted by atomic mass is 35.5. The Kier molecular flexibility index (Phi) is 12.7. The fraction of sp³-hybridized carbons (Fsp3) is 0.286. The minimum absolute atomic E-state index is 0. The zero-order valence-electron chi connectivity index (χ0n) is 10.4. The van der Waals surface area contributed by atoms with Gasteiger partial charge in [0.25, 0.3) is 0 Å². The molecule has 0 fully saturated rings. The molecule has 0 N–H and O–H groups in total. The molecule has 0 aromatic heterocycles. The third-order valence-electron chi connectivity index (χ3n) is 1.80. The summed E-state index contributed by atoms with van der Waals surface area (Å²) in [5.41, 5.74) is 0. The lowest BCUT2D eigenvalue weighted by Crippen LogP contribution is -1.83. The predicted molar refractivity (Wildman–Crippen MR) is 73.6 cm³/mol. The smallest absolute Gasteiger partial charge is 0.0962 e. The van der Waals surface area contributed by atoms with Crippen LogP contribution in [0, 0.1) is 0 Å². The summed E-state index contributed by atoms with van der Waals surface area (Å²) in [5.74, 6) is 1.90. The number of hydrogen-bond donors (Lipinski definition) is 0. The Balaban J connectivity index is 0. The Morgan fingerprint density at radius 1 is 0.750 bits per heavy atom. The van der Waals surface area contributed by atoms with Crippen molar-refractivity contribution in [2.24, 2.45) is 0 Å². The monoisotopic (exact) mass is 240 g/mol. The third-order valence-corrected chi connectivity index (χ3v) is 1.80. The molecule has 0 aliphatic heterocycles. The molecule has 2 heteroatoms. The summed E-state index contributed by atoms with van der Waals surface area (Å²) >= 11 is 0. The molecule has 1 rings (SSSR count). The predicted octanol–water partition coefficient (Wildman–Crippen LogP) is 4.96. The second-order valence-corrected chi connectivity index (χ2v) is 3.06. The molecule has 0 unspecified atom stereocenters. The van der Waals surface area contributed by atoms with Crippen LogP contribution in [0.1, 0.15) is 27.7 Å². The van der Waals surface area contributed by atoms with Gasteiger partial charge < -0.3 is 4.74 Å². The van der Waals surface area contributed by atoms with Crippen LogP contribution in [-0.2, 0) is 4.74 Å². The Labute approximate surface area is 105 Å². The van der Waals surface area contributed by atoms with Gasteiger partial charge in [-0.25, -0.2) is 0 Å². The first kappa shape index (κ1) is 17.2. The van der Waals surface area contributed by atoms with E-state index in [-0.39, 0.29) is 12.4 Å². The van der Waals surface area contributed by atoms with Crippen LogP contribution in [-0.4, -0.2) is 0 Å². The second kappa shape index (κ2) is 11.9. The van der Waals surface area contributed by atoms with Crippen LogP contribution in [0.25, 0.3) is 0 Å². The van der Waals surface area contributed by atoms with Gasteiger partial charge in [-0.05, 0) is 39.8 Å². The Hall–Kier alpha value is -1.21. The molecule has 90 valence electrons. The number of allylic oxidation sites excluding steroid dienone is 4. The zero-order valence-corrected chi connectivity index (χ0v) is 11.3. The van der Waals surface area contributed by atoms with Gasteiger partial charge in [0, 0.05) is 0 Å². The topological polar surface area (TPSA) is 9.23 Å². The van der Waals surface area contributed by atoms with Gasteiger partial charge in [-0.15, -0.1) is 12.4 Å². The molecule has 0 aliphatic carbocycles.